The van der Waals surface area contributed by atoms with E-state index in [1.807, 2.05) is 13.8 Å². The van der Waals surface area contributed by atoms with Crippen LogP contribution in [0, 0.1) is 13.8 Å². The van der Waals surface area contributed by atoms with Gasteiger partial charge in [-0.3, -0.25) is 4.72 Å². The molecule has 0 aromatic heterocycles. The van der Waals surface area contributed by atoms with Gasteiger partial charge in [0.1, 0.15) is 0 Å². The average molecular weight is 296 g/mol. The molecule has 0 bridgehead atoms. The molecular formula is C14H14ClNO2S. The summed E-state index contributed by atoms with van der Waals surface area (Å²) in [6.07, 6.45) is 0. The van der Waals surface area contributed by atoms with Gasteiger partial charge in [0, 0.05) is 5.02 Å². The van der Waals surface area contributed by atoms with Crippen molar-refractivity contribution in [2.75, 3.05) is 4.72 Å². The van der Waals surface area contributed by atoms with Crippen LogP contribution in [0.3, 0.4) is 0 Å². The van der Waals surface area contributed by atoms with Gasteiger partial charge in [0.05, 0.1) is 10.6 Å². The molecule has 0 unspecified atom stereocenters. The minimum atomic E-state index is -3.56. The molecule has 0 radical (unpaired) electrons. The van der Waals surface area contributed by atoms with E-state index in [0.717, 1.165) is 11.1 Å². The van der Waals surface area contributed by atoms with Crippen LogP contribution in [0.15, 0.2) is 47.4 Å². The Balaban J connectivity index is 2.42. The molecule has 2 aromatic carbocycles. The normalized spacial score (nSPS) is 11.3. The third-order valence-electron chi connectivity index (χ3n) is 2.79. The van der Waals surface area contributed by atoms with E-state index in [9.17, 15) is 8.42 Å². The zero-order chi connectivity index (χ0) is 14.0. The highest BCUT2D eigenvalue weighted by Crippen LogP contribution is 2.27. The second-order valence-corrected chi connectivity index (χ2v) is 6.45. The number of halogens is 1. The van der Waals surface area contributed by atoms with Crippen LogP contribution in [0.4, 0.5) is 5.69 Å². The topological polar surface area (TPSA) is 46.2 Å². The Labute approximate surface area is 118 Å². The van der Waals surface area contributed by atoms with E-state index in [0.29, 0.717) is 10.7 Å². The van der Waals surface area contributed by atoms with Crippen molar-refractivity contribution in [3.8, 4) is 0 Å². The summed E-state index contributed by atoms with van der Waals surface area (Å²) < 4.78 is 27.1. The first-order valence-electron chi connectivity index (χ1n) is 5.75. The van der Waals surface area contributed by atoms with Crippen LogP contribution in [0.2, 0.25) is 5.02 Å². The van der Waals surface area contributed by atoms with Crippen LogP contribution in [0.1, 0.15) is 11.1 Å². The first-order chi connectivity index (χ1) is 8.90. The zero-order valence-corrected chi connectivity index (χ0v) is 12.2. The summed E-state index contributed by atoms with van der Waals surface area (Å²) in [5, 5.41) is 0.595. The van der Waals surface area contributed by atoms with Crippen molar-refractivity contribution in [2.24, 2.45) is 0 Å². The number of hydrogen-bond acceptors (Lipinski definition) is 2. The van der Waals surface area contributed by atoms with Gasteiger partial charge in [-0.15, -0.1) is 0 Å². The Morgan fingerprint density at radius 1 is 1.00 bits per heavy atom. The number of nitrogens with one attached hydrogen (secondary N) is 1. The first kappa shape index (κ1) is 13.9. The smallest absolute Gasteiger partial charge is 0.261 e. The summed E-state index contributed by atoms with van der Waals surface area (Å²) in [6.45, 7) is 3.64. The van der Waals surface area contributed by atoms with Gasteiger partial charge in [-0.05, 0) is 49.2 Å². The summed E-state index contributed by atoms with van der Waals surface area (Å²) in [5.74, 6) is 0. The van der Waals surface area contributed by atoms with Crippen LogP contribution in [0.25, 0.3) is 0 Å². The van der Waals surface area contributed by atoms with Gasteiger partial charge in [0.2, 0.25) is 0 Å². The number of sulfonamides is 1. The van der Waals surface area contributed by atoms with E-state index in [-0.39, 0.29) is 4.90 Å². The van der Waals surface area contributed by atoms with Crippen molar-refractivity contribution in [3.05, 3.63) is 58.6 Å². The highest BCUT2D eigenvalue weighted by atomic mass is 35.5. The van der Waals surface area contributed by atoms with Gasteiger partial charge in [-0.2, -0.15) is 0 Å². The summed E-state index contributed by atoms with van der Waals surface area (Å²) in [4.78, 5) is 0.240. The highest BCUT2D eigenvalue weighted by molar-refractivity contribution is 7.92. The van der Waals surface area contributed by atoms with Crippen molar-refractivity contribution < 1.29 is 8.42 Å². The highest BCUT2D eigenvalue weighted by Gasteiger charge is 2.16. The van der Waals surface area contributed by atoms with E-state index in [1.54, 1.807) is 42.5 Å². The second-order valence-electron chi connectivity index (χ2n) is 4.33. The maximum absolute atomic E-state index is 12.2. The molecule has 3 nitrogen and oxygen atoms in total. The molecule has 2 rings (SSSR count). The predicted molar refractivity (Wildman–Crippen MR) is 78.2 cm³/mol. The third-order valence-corrected chi connectivity index (χ3v) is 4.37. The van der Waals surface area contributed by atoms with E-state index in [1.165, 1.54) is 0 Å². The number of benzene rings is 2. The van der Waals surface area contributed by atoms with Crippen LogP contribution >= 0.6 is 11.6 Å². The lowest BCUT2D eigenvalue weighted by Crippen LogP contribution is -2.14. The molecule has 0 fully saturated rings. The lowest BCUT2D eigenvalue weighted by atomic mass is 10.1. The van der Waals surface area contributed by atoms with Gasteiger partial charge >= 0.3 is 0 Å². The Bertz CT molecular complexity index is 674. The summed E-state index contributed by atoms with van der Waals surface area (Å²) in [6, 6.07) is 11.7. The monoisotopic (exact) mass is 295 g/mol. The summed E-state index contributed by atoms with van der Waals surface area (Å²) in [7, 11) is -3.56. The second kappa shape index (κ2) is 5.23. The maximum atomic E-state index is 12.2. The summed E-state index contributed by atoms with van der Waals surface area (Å²) in [5.41, 5.74) is 2.17. The van der Waals surface area contributed by atoms with Crippen molar-refractivity contribution in [1.29, 1.82) is 0 Å². The fourth-order valence-corrected chi connectivity index (χ4v) is 3.42. The van der Waals surface area contributed by atoms with Crippen molar-refractivity contribution in [3.63, 3.8) is 0 Å². The number of hydrogen-bond donors (Lipinski definition) is 1. The molecule has 19 heavy (non-hydrogen) atoms. The molecule has 0 heterocycles. The maximum Gasteiger partial charge on any atom is 0.261 e. The van der Waals surface area contributed by atoms with Gasteiger partial charge in [0.15, 0.2) is 0 Å². The molecule has 0 saturated heterocycles. The molecule has 0 aliphatic rings. The van der Waals surface area contributed by atoms with Crippen LogP contribution in [-0.2, 0) is 10.0 Å². The molecule has 0 amide bonds. The quantitative estimate of drug-likeness (QED) is 0.937. The van der Waals surface area contributed by atoms with Gasteiger partial charge < -0.3 is 0 Å². The molecule has 2 aromatic rings. The largest absolute Gasteiger partial charge is 0.279 e. The van der Waals surface area contributed by atoms with E-state index < -0.39 is 10.0 Å². The fourth-order valence-electron chi connectivity index (χ4n) is 1.86. The molecule has 0 aliphatic heterocycles. The van der Waals surface area contributed by atoms with Crippen LogP contribution in [0.5, 0.6) is 0 Å². The molecule has 1 N–H and O–H groups in total. The van der Waals surface area contributed by atoms with Crippen molar-refractivity contribution in [2.45, 2.75) is 18.7 Å². The Morgan fingerprint density at radius 3 is 2.05 bits per heavy atom. The number of aryl methyl sites for hydroxylation is 2. The average Bonchev–Trinajstić information content (AvgIpc) is 2.35. The SMILES string of the molecule is Cc1cc(Cl)cc(C)c1NS(=O)(=O)c1ccccc1. The first-order valence-corrected chi connectivity index (χ1v) is 7.61. The number of rotatable bonds is 3. The molecule has 100 valence electrons. The standard InChI is InChI=1S/C14H14ClNO2S/c1-10-8-12(15)9-11(2)14(10)16-19(17,18)13-6-4-3-5-7-13/h3-9,16H,1-2H3. The molecule has 0 aliphatic carbocycles. The molecule has 0 spiro atoms. The molecule has 0 atom stereocenters. The van der Waals surface area contributed by atoms with Gasteiger partial charge in [-0.1, -0.05) is 29.8 Å². The van der Waals surface area contributed by atoms with Gasteiger partial charge in [0.25, 0.3) is 10.0 Å². The fraction of sp³-hybridized carbons (Fsp3) is 0.143. The molecule has 0 saturated carbocycles. The predicted octanol–water partition coefficient (Wildman–Crippen LogP) is 3.76. The Morgan fingerprint density at radius 2 is 1.53 bits per heavy atom. The Hall–Kier alpha value is -1.52. The van der Waals surface area contributed by atoms with Crippen molar-refractivity contribution >= 4 is 27.3 Å². The number of anilines is 1. The van der Waals surface area contributed by atoms with E-state index in [2.05, 4.69) is 4.72 Å². The lowest BCUT2D eigenvalue weighted by Gasteiger charge is -2.13. The Kier molecular flexibility index (Phi) is 3.83. The molecule has 5 heteroatoms. The van der Waals surface area contributed by atoms with Crippen LogP contribution < -0.4 is 4.72 Å². The zero-order valence-electron chi connectivity index (χ0n) is 10.6. The van der Waals surface area contributed by atoms with E-state index >= 15 is 0 Å². The molecular weight excluding hydrogens is 282 g/mol. The van der Waals surface area contributed by atoms with Crippen LogP contribution in [-0.4, -0.2) is 8.42 Å². The van der Waals surface area contributed by atoms with E-state index in [4.69, 9.17) is 11.6 Å². The van der Waals surface area contributed by atoms with Crippen molar-refractivity contribution in [1.82, 2.24) is 0 Å². The lowest BCUT2D eigenvalue weighted by molar-refractivity contribution is 0.601. The third kappa shape index (κ3) is 3.08. The minimum absolute atomic E-state index is 0.240. The van der Waals surface area contributed by atoms with Gasteiger partial charge in [-0.25, -0.2) is 8.42 Å². The minimum Gasteiger partial charge on any atom is -0.279 e. The summed E-state index contributed by atoms with van der Waals surface area (Å²) >= 11 is 5.93.